The summed E-state index contributed by atoms with van der Waals surface area (Å²) in [4.78, 5) is 4.47. The molecule has 1 atom stereocenters. The maximum atomic E-state index is 13.9. The highest BCUT2D eigenvalue weighted by atomic mass is 32.2. The molecule has 0 saturated carbocycles. The lowest BCUT2D eigenvalue weighted by atomic mass is 10.1. The Morgan fingerprint density at radius 1 is 1.30 bits per heavy atom. The summed E-state index contributed by atoms with van der Waals surface area (Å²) in [6, 6.07) is 2.66. The van der Waals surface area contributed by atoms with Crippen molar-refractivity contribution in [1.29, 1.82) is 0 Å². The van der Waals surface area contributed by atoms with Crippen LogP contribution in [0.5, 0.6) is 0 Å². The van der Waals surface area contributed by atoms with Gasteiger partial charge < -0.3 is 5.32 Å². The van der Waals surface area contributed by atoms with Crippen molar-refractivity contribution in [2.45, 2.75) is 13.0 Å². The summed E-state index contributed by atoms with van der Waals surface area (Å²) in [5.74, 6) is 1.25. The zero-order valence-corrected chi connectivity index (χ0v) is 12.6. The summed E-state index contributed by atoms with van der Waals surface area (Å²) in [6.45, 7) is 2.51. The molecule has 6 heteroatoms. The standard InChI is InChI=1S/C14H14F2N2S2/c1-8-4-11(16)9(5-10(8)15)12-7-20-14(18-12)13-6-19-3-2-17-13/h4-5,7,13,17H,2-3,6H2,1H3. The lowest BCUT2D eigenvalue weighted by molar-refractivity contribution is 0.589. The normalized spacial score (nSPS) is 19.2. The molecule has 20 heavy (non-hydrogen) atoms. The summed E-state index contributed by atoms with van der Waals surface area (Å²) in [5, 5.41) is 6.13. The molecule has 1 aliphatic heterocycles. The van der Waals surface area contributed by atoms with E-state index in [1.54, 1.807) is 12.3 Å². The van der Waals surface area contributed by atoms with E-state index >= 15 is 0 Å². The molecule has 0 bridgehead atoms. The summed E-state index contributed by atoms with van der Waals surface area (Å²) in [6.07, 6.45) is 0. The SMILES string of the molecule is Cc1cc(F)c(-c2csc(C3CSCCN3)n2)cc1F. The first-order valence-electron chi connectivity index (χ1n) is 6.37. The van der Waals surface area contributed by atoms with Gasteiger partial charge in [0.05, 0.1) is 11.7 Å². The van der Waals surface area contributed by atoms with Crippen molar-refractivity contribution in [3.05, 3.63) is 39.7 Å². The number of aromatic nitrogens is 1. The largest absolute Gasteiger partial charge is 0.306 e. The molecule has 1 N–H and O–H groups in total. The average Bonchev–Trinajstić information content (AvgIpc) is 2.93. The average molecular weight is 312 g/mol. The van der Waals surface area contributed by atoms with Gasteiger partial charge in [0.15, 0.2) is 0 Å². The Labute approximate surface area is 124 Å². The Hall–Kier alpha value is -0.980. The molecule has 1 unspecified atom stereocenters. The Morgan fingerprint density at radius 3 is 2.90 bits per heavy atom. The van der Waals surface area contributed by atoms with Gasteiger partial charge in [-0.2, -0.15) is 11.8 Å². The van der Waals surface area contributed by atoms with E-state index < -0.39 is 11.6 Å². The van der Waals surface area contributed by atoms with E-state index in [1.165, 1.54) is 23.5 Å². The summed E-state index contributed by atoms with van der Waals surface area (Å²) in [7, 11) is 0. The number of nitrogens with one attached hydrogen (secondary N) is 1. The maximum Gasteiger partial charge on any atom is 0.133 e. The van der Waals surface area contributed by atoms with Crippen LogP contribution in [0.2, 0.25) is 0 Å². The van der Waals surface area contributed by atoms with Gasteiger partial charge in [-0.3, -0.25) is 0 Å². The molecule has 1 aromatic carbocycles. The van der Waals surface area contributed by atoms with E-state index in [0.29, 0.717) is 11.3 Å². The van der Waals surface area contributed by atoms with Crippen LogP contribution in [0, 0.1) is 18.6 Å². The van der Waals surface area contributed by atoms with Gasteiger partial charge >= 0.3 is 0 Å². The second-order valence-electron chi connectivity index (χ2n) is 4.73. The molecule has 3 rings (SSSR count). The minimum absolute atomic E-state index is 0.214. The fraction of sp³-hybridized carbons (Fsp3) is 0.357. The fourth-order valence-corrected chi connectivity index (χ4v) is 4.08. The summed E-state index contributed by atoms with van der Waals surface area (Å²) in [5.41, 5.74) is 1.06. The van der Waals surface area contributed by atoms with Gasteiger partial charge in [0.25, 0.3) is 0 Å². The first-order chi connectivity index (χ1) is 9.65. The Balaban J connectivity index is 1.91. The molecule has 0 amide bonds. The number of nitrogens with zero attached hydrogens (tertiary/aromatic N) is 1. The van der Waals surface area contributed by atoms with Crippen LogP contribution in [-0.2, 0) is 0 Å². The van der Waals surface area contributed by atoms with Gasteiger partial charge in [-0.15, -0.1) is 11.3 Å². The second-order valence-corrected chi connectivity index (χ2v) is 6.77. The third-order valence-electron chi connectivity index (χ3n) is 3.27. The van der Waals surface area contributed by atoms with Crippen molar-refractivity contribution >= 4 is 23.1 Å². The number of thiazole rings is 1. The summed E-state index contributed by atoms with van der Waals surface area (Å²) >= 11 is 3.37. The number of halogens is 2. The van der Waals surface area contributed by atoms with Crippen LogP contribution in [-0.4, -0.2) is 23.0 Å². The van der Waals surface area contributed by atoms with Crippen LogP contribution in [0.25, 0.3) is 11.3 Å². The molecule has 2 heterocycles. The predicted molar refractivity (Wildman–Crippen MR) is 80.3 cm³/mol. The number of hydrogen-bond donors (Lipinski definition) is 1. The highest BCUT2D eigenvalue weighted by Gasteiger charge is 2.20. The van der Waals surface area contributed by atoms with Crippen LogP contribution in [0.3, 0.4) is 0 Å². The Bertz CT molecular complexity index is 622. The number of rotatable bonds is 2. The quantitative estimate of drug-likeness (QED) is 0.913. The fourth-order valence-electron chi connectivity index (χ4n) is 2.14. The lowest BCUT2D eigenvalue weighted by Crippen LogP contribution is -2.30. The zero-order valence-electron chi connectivity index (χ0n) is 11.0. The molecule has 106 valence electrons. The van der Waals surface area contributed by atoms with Crippen LogP contribution < -0.4 is 5.32 Å². The van der Waals surface area contributed by atoms with Crippen molar-refractivity contribution in [3.8, 4) is 11.3 Å². The van der Waals surface area contributed by atoms with Gasteiger partial charge in [-0.1, -0.05) is 0 Å². The number of thioether (sulfide) groups is 1. The molecule has 0 radical (unpaired) electrons. The van der Waals surface area contributed by atoms with E-state index in [-0.39, 0.29) is 11.6 Å². The van der Waals surface area contributed by atoms with Crippen LogP contribution in [0.4, 0.5) is 8.78 Å². The highest BCUT2D eigenvalue weighted by Crippen LogP contribution is 2.30. The van der Waals surface area contributed by atoms with Gasteiger partial charge in [-0.25, -0.2) is 13.8 Å². The Morgan fingerprint density at radius 2 is 2.15 bits per heavy atom. The molecule has 2 aromatic rings. The van der Waals surface area contributed by atoms with E-state index in [4.69, 9.17) is 0 Å². The third kappa shape index (κ3) is 2.73. The van der Waals surface area contributed by atoms with Crippen molar-refractivity contribution in [2.24, 2.45) is 0 Å². The Kier molecular flexibility index (Phi) is 4.05. The first-order valence-corrected chi connectivity index (χ1v) is 8.41. The smallest absolute Gasteiger partial charge is 0.133 e. The first kappa shape index (κ1) is 14.0. The van der Waals surface area contributed by atoms with Crippen LogP contribution >= 0.6 is 23.1 Å². The van der Waals surface area contributed by atoms with Crippen molar-refractivity contribution in [1.82, 2.24) is 10.3 Å². The topological polar surface area (TPSA) is 24.9 Å². The number of hydrogen-bond acceptors (Lipinski definition) is 4. The molecule has 1 aliphatic rings. The third-order valence-corrected chi connectivity index (χ3v) is 5.29. The molecule has 0 spiro atoms. The van der Waals surface area contributed by atoms with Crippen molar-refractivity contribution in [3.63, 3.8) is 0 Å². The lowest BCUT2D eigenvalue weighted by Gasteiger charge is -2.20. The highest BCUT2D eigenvalue weighted by molar-refractivity contribution is 7.99. The van der Waals surface area contributed by atoms with E-state index in [2.05, 4.69) is 10.3 Å². The van der Waals surface area contributed by atoms with Crippen LogP contribution in [0.1, 0.15) is 16.6 Å². The predicted octanol–water partition coefficient (Wildman–Crippen LogP) is 3.77. The van der Waals surface area contributed by atoms with E-state index in [0.717, 1.165) is 23.1 Å². The zero-order chi connectivity index (χ0) is 14.1. The van der Waals surface area contributed by atoms with Gasteiger partial charge in [0.1, 0.15) is 16.6 Å². The monoisotopic (exact) mass is 312 g/mol. The molecule has 0 aliphatic carbocycles. The van der Waals surface area contributed by atoms with Crippen molar-refractivity contribution in [2.75, 3.05) is 18.1 Å². The molecular weight excluding hydrogens is 298 g/mol. The van der Waals surface area contributed by atoms with Gasteiger partial charge in [0.2, 0.25) is 0 Å². The number of benzene rings is 1. The van der Waals surface area contributed by atoms with Gasteiger partial charge in [0, 0.05) is 29.0 Å². The molecule has 1 fully saturated rings. The van der Waals surface area contributed by atoms with Gasteiger partial charge in [-0.05, 0) is 24.6 Å². The molecule has 1 saturated heterocycles. The maximum absolute atomic E-state index is 13.9. The van der Waals surface area contributed by atoms with E-state index in [1.807, 2.05) is 11.8 Å². The molecule has 1 aromatic heterocycles. The van der Waals surface area contributed by atoms with Crippen LogP contribution in [0.15, 0.2) is 17.5 Å². The minimum atomic E-state index is -0.424. The molecular formula is C14H14F2N2S2. The minimum Gasteiger partial charge on any atom is -0.306 e. The number of aryl methyl sites for hydroxylation is 1. The second kappa shape index (κ2) is 5.79. The van der Waals surface area contributed by atoms with Crippen molar-refractivity contribution < 1.29 is 8.78 Å². The van der Waals surface area contributed by atoms with E-state index in [9.17, 15) is 8.78 Å². The molecule has 2 nitrogen and oxygen atoms in total. The summed E-state index contributed by atoms with van der Waals surface area (Å²) < 4.78 is 27.5.